The van der Waals surface area contributed by atoms with E-state index in [0.29, 0.717) is 13.1 Å². The van der Waals surface area contributed by atoms with Gasteiger partial charge in [0.15, 0.2) is 0 Å². The molecular weight excluding hydrogens is 394 g/mol. The van der Waals surface area contributed by atoms with Crippen LogP contribution in [0.3, 0.4) is 0 Å². The van der Waals surface area contributed by atoms with E-state index in [0.717, 1.165) is 44.5 Å². The minimum absolute atomic E-state index is 0.0147. The number of hydrogen-bond donors (Lipinski definition) is 1. The fourth-order valence-electron chi connectivity index (χ4n) is 5.24. The number of rotatable bonds is 6. The Morgan fingerprint density at radius 2 is 1.71 bits per heavy atom. The van der Waals surface area contributed by atoms with E-state index in [9.17, 15) is 14.4 Å². The monoisotopic (exact) mass is 427 g/mol. The fraction of sp³-hybridized carbons (Fsp3) is 0.625. The summed E-state index contributed by atoms with van der Waals surface area (Å²) in [5.41, 5.74) is 2.04. The van der Waals surface area contributed by atoms with Crippen LogP contribution in [-0.4, -0.2) is 51.1 Å². The molecule has 4 rings (SSSR count). The lowest BCUT2D eigenvalue weighted by Crippen LogP contribution is -2.40. The van der Waals surface area contributed by atoms with Gasteiger partial charge in [-0.1, -0.05) is 12.8 Å². The summed E-state index contributed by atoms with van der Waals surface area (Å²) in [4.78, 5) is 41.5. The number of amides is 2. The highest BCUT2D eigenvalue weighted by Crippen LogP contribution is 2.31. The molecule has 2 heterocycles. The van der Waals surface area contributed by atoms with E-state index in [1.807, 2.05) is 12.1 Å². The Labute approximate surface area is 184 Å². The Hall–Kier alpha value is -2.57. The zero-order valence-corrected chi connectivity index (χ0v) is 18.3. The normalized spacial score (nSPS) is 26.2. The SMILES string of the molecule is COC(=O)C1CCCCC1CNC(=O)C1CC(=O)N(c2ccc(N3CCCC3)cc2)C1. The maximum Gasteiger partial charge on any atom is 0.309 e. The van der Waals surface area contributed by atoms with E-state index in [2.05, 4.69) is 22.3 Å². The van der Waals surface area contributed by atoms with Crippen molar-refractivity contribution in [3.63, 3.8) is 0 Å². The van der Waals surface area contributed by atoms with Gasteiger partial charge in [-0.15, -0.1) is 0 Å². The largest absolute Gasteiger partial charge is 0.469 e. The first-order valence-corrected chi connectivity index (χ1v) is 11.6. The summed E-state index contributed by atoms with van der Waals surface area (Å²) in [6, 6.07) is 8.10. The van der Waals surface area contributed by atoms with Crippen molar-refractivity contribution >= 4 is 29.2 Å². The summed E-state index contributed by atoms with van der Waals surface area (Å²) in [7, 11) is 1.42. The van der Waals surface area contributed by atoms with Crippen molar-refractivity contribution in [2.45, 2.75) is 44.9 Å². The van der Waals surface area contributed by atoms with Crippen LogP contribution in [0.2, 0.25) is 0 Å². The lowest BCUT2D eigenvalue weighted by atomic mass is 9.79. The van der Waals surface area contributed by atoms with Gasteiger partial charge in [0.2, 0.25) is 11.8 Å². The van der Waals surface area contributed by atoms with Crippen LogP contribution in [0.5, 0.6) is 0 Å². The minimum Gasteiger partial charge on any atom is -0.469 e. The second-order valence-corrected chi connectivity index (χ2v) is 9.04. The van der Waals surface area contributed by atoms with Crippen molar-refractivity contribution in [2.24, 2.45) is 17.8 Å². The Bertz CT molecular complexity index is 804. The van der Waals surface area contributed by atoms with Crippen molar-refractivity contribution in [2.75, 3.05) is 43.1 Å². The summed E-state index contributed by atoms with van der Waals surface area (Å²) in [6.07, 6.45) is 6.50. The highest BCUT2D eigenvalue weighted by molar-refractivity contribution is 6.00. The van der Waals surface area contributed by atoms with Crippen LogP contribution in [0.25, 0.3) is 0 Å². The highest BCUT2D eigenvalue weighted by atomic mass is 16.5. The first kappa shape index (κ1) is 21.7. The number of carbonyl (C=O) groups excluding carboxylic acids is 3. The lowest BCUT2D eigenvalue weighted by molar-refractivity contribution is -0.148. The van der Waals surface area contributed by atoms with E-state index in [1.54, 1.807) is 4.90 Å². The van der Waals surface area contributed by atoms with Gasteiger partial charge in [-0.25, -0.2) is 0 Å². The molecule has 1 N–H and O–H groups in total. The second kappa shape index (κ2) is 9.71. The zero-order valence-electron chi connectivity index (χ0n) is 18.3. The van der Waals surface area contributed by atoms with Crippen molar-refractivity contribution in [3.05, 3.63) is 24.3 Å². The van der Waals surface area contributed by atoms with Crippen LogP contribution in [0.4, 0.5) is 11.4 Å². The maximum absolute atomic E-state index is 12.8. The smallest absolute Gasteiger partial charge is 0.309 e. The average molecular weight is 428 g/mol. The van der Waals surface area contributed by atoms with Crippen molar-refractivity contribution in [3.8, 4) is 0 Å². The number of esters is 1. The van der Waals surface area contributed by atoms with Gasteiger partial charge in [-0.2, -0.15) is 0 Å². The number of methoxy groups -OCH3 is 1. The Balaban J connectivity index is 1.32. The molecule has 2 amide bonds. The van der Waals surface area contributed by atoms with Crippen LogP contribution in [0.1, 0.15) is 44.9 Å². The van der Waals surface area contributed by atoms with Gasteiger partial charge in [0.1, 0.15) is 0 Å². The number of nitrogens with zero attached hydrogens (tertiary/aromatic N) is 2. The molecule has 0 bridgehead atoms. The van der Waals surface area contributed by atoms with E-state index in [-0.39, 0.29) is 42.0 Å². The summed E-state index contributed by atoms with van der Waals surface area (Å²) < 4.78 is 4.94. The van der Waals surface area contributed by atoms with Crippen LogP contribution in [-0.2, 0) is 19.1 Å². The molecule has 1 saturated carbocycles. The molecule has 0 radical (unpaired) electrons. The number of benzene rings is 1. The van der Waals surface area contributed by atoms with Crippen molar-refractivity contribution in [1.82, 2.24) is 5.32 Å². The van der Waals surface area contributed by atoms with Gasteiger partial charge < -0.3 is 19.9 Å². The van der Waals surface area contributed by atoms with Gasteiger partial charge in [0, 0.05) is 44.0 Å². The van der Waals surface area contributed by atoms with E-state index >= 15 is 0 Å². The fourth-order valence-corrected chi connectivity index (χ4v) is 5.24. The molecule has 2 saturated heterocycles. The molecule has 7 nitrogen and oxygen atoms in total. The van der Waals surface area contributed by atoms with Gasteiger partial charge in [-0.3, -0.25) is 14.4 Å². The molecule has 31 heavy (non-hydrogen) atoms. The Morgan fingerprint density at radius 3 is 2.42 bits per heavy atom. The van der Waals surface area contributed by atoms with Crippen molar-refractivity contribution < 1.29 is 19.1 Å². The summed E-state index contributed by atoms with van der Waals surface area (Å²) in [6.45, 7) is 3.04. The van der Waals surface area contributed by atoms with Crippen LogP contribution in [0.15, 0.2) is 24.3 Å². The summed E-state index contributed by atoms with van der Waals surface area (Å²) >= 11 is 0. The summed E-state index contributed by atoms with van der Waals surface area (Å²) in [5, 5.41) is 3.01. The maximum atomic E-state index is 12.8. The number of anilines is 2. The third kappa shape index (κ3) is 4.86. The molecule has 168 valence electrons. The summed E-state index contributed by atoms with van der Waals surface area (Å²) in [5.74, 6) is -0.686. The lowest BCUT2D eigenvalue weighted by Gasteiger charge is -2.29. The predicted octanol–water partition coefficient (Wildman–Crippen LogP) is 2.74. The van der Waals surface area contributed by atoms with E-state index in [4.69, 9.17) is 4.74 Å². The third-order valence-corrected chi connectivity index (χ3v) is 7.08. The molecular formula is C24H33N3O4. The van der Waals surface area contributed by atoms with Gasteiger partial charge in [-0.05, 0) is 55.9 Å². The number of carbonyl (C=O) groups is 3. The predicted molar refractivity (Wildman–Crippen MR) is 119 cm³/mol. The minimum atomic E-state index is -0.356. The first-order chi connectivity index (χ1) is 15.1. The molecule has 7 heteroatoms. The van der Waals surface area contributed by atoms with Gasteiger partial charge in [0.25, 0.3) is 0 Å². The molecule has 0 aromatic heterocycles. The standard InChI is InChI=1S/C24H33N3O4/c1-31-24(30)21-7-3-2-6-17(21)15-25-23(29)18-14-22(28)27(16-18)20-10-8-19(9-11-20)26-12-4-5-13-26/h8-11,17-18,21H,2-7,12-16H2,1H3,(H,25,29). The third-order valence-electron chi connectivity index (χ3n) is 7.08. The molecule has 3 unspecified atom stereocenters. The number of ether oxygens (including phenoxy) is 1. The molecule has 1 aliphatic carbocycles. The van der Waals surface area contributed by atoms with Gasteiger partial charge in [0.05, 0.1) is 18.9 Å². The van der Waals surface area contributed by atoms with Crippen LogP contribution >= 0.6 is 0 Å². The van der Waals surface area contributed by atoms with Gasteiger partial charge >= 0.3 is 5.97 Å². The molecule has 3 fully saturated rings. The van der Waals surface area contributed by atoms with Crippen molar-refractivity contribution in [1.29, 1.82) is 0 Å². The number of nitrogens with one attached hydrogen (secondary N) is 1. The molecule has 3 atom stereocenters. The molecule has 2 aliphatic heterocycles. The topological polar surface area (TPSA) is 78.9 Å². The first-order valence-electron chi connectivity index (χ1n) is 11.6. The van der Waals surface area contributed by atoms with E-state index < -0.39 is 0 Å². The van der Waals surface area contributed by atoms with E-state index in [1.165, 1.54) is 25.6 Å². The second-order valence-electron chi connectivity index (χ2n) is 9.04. The molecule has 1 aromatic rings. The van der Waals surface area contributed by atoms with Crippen LogP contribution in [0, 0.1) is 17.8 Å². The average Bonchev–Trinajstić information content (AvgIpc) is 3.47. The zero-order chi connectivity index (χ0) is 21.8. The Morgan fingerprint density at radius 1 is 1.03 bits per heavy atom. The highest BCUT2D eigenvalue weighted by Gasteiger charge is 2.37. The van der Waals surface area contributed by atoms with Crippen LogP contribution < -0.4 is 15.1 Å². The molecule has 1 aromatic carbocycles. The quantitative estimate of drug-likeness (QED) is 0.707. The number of hydrogen-bond acceptors (Lipinski definition) is 5. The molecule has 3 aliphatic rings. The Kier molecular flexibility index (Phi) is 6.78. The molecule has 0 spiro atoms.